The molecule has 0 fully saturated rings. The fraction of sp³-hybridized carbons (Fsp3) is 0.409. The van der Waals surface area contributed by atoms with Gasteiger partial charge in [-0.3, -0.25) is 4.99 Å². The molecule has 0 radical (unpaired) electrons. The van der Waals surface area contributed by atoms with Crippen LogP contribution in [-0.4, -0.2) is 38.9 Å². The van der Waals surface area contributed by atoms with E-state index in [2.05, 4.69) is 61.5 Å². The lowest BCUT2D eigenvalue weighted by atomic mass is 10.1. The molecule has 2 aromatic heterocycles. The van der Waals surface area contributed by atoms with Crippen molar-refractivity contribution in [2.45, 2.75) is 46.7 Å². The van der Waals surface area contributed by atoms with Crippen molar-refractivity contribution < 1.29 is 0 Å². The number of guanidine groups is 1. The Morgan fingerprint density at radius 3 is 2.57 bits per heavy atom. The summed E-state index contributed by atoms with van der Waals surface area (Å²) in [6.45, 7) is 8.69. The van der Waals surface area contributed by atoms with Gasteiger partial charge in [0.15, 0.2) is 5.96 Å². The minimum absolute atomic E-state index is 0. The van der Waals surface area contributed by atoms with E-state index in [1.165, 1.54) is 5.56 Å². The van der Waals surface area contributed by atoms with Gasteiger partial charge in [-0.1, -0.05) is 18.2 Å². The Bertz CT molecular complexity index is 958. The monoisotopic (exact) mass is 521 g/mol. The van der Waals surface area contributed by atoms with Gasteiger partial charge in [0.25, 0.3) is 0 Å². The summed E-state index contributed by atoms with van der Waals surface area (Å²) in [4.78, 5) is 8.60. The van der Waals surface area contributed by atoms with Gasteiger partial charge in [-0.25, -0.2) is 9.67 Å². The topological polar surface area (TPSA) is 72.1 Å². The molecule has 0 bridgehead atoms. The van der Waals surface area contributed by atoms with Crippen LogP contribution in [0.3, 0.4) is 0 Å². The first kappa shape index (κ1) is 23.9. The van der Waals surface area contributed by atoms with E-state index in [1.807, 2.05) is 37.0 Å². The molecule has 2 N–H and O–H groups in total. The molecule has 0 saturated carbocycles. The first-order chi connectivity index (χ1) is 14.1. The van der Waals surface area contributed by atoms with E-state index >= 15 is 0 Å². The molecule has 2 heterocycles. The molecule has 0 aliphatic rings. The Balaban J connectivity index is 0.00000320. The highest BCUT2D eigenvalue weighted by Crippen LogP contribution is 2.16. The van der Waals surface area contributed by atoms with Crippen molar-refractivity contribution >= 4 is 29.9 Å². The average molecular weight is 521 g/mol. The number of hydrogen-bond donors (Lipinski definition) is 2. The van der Waals surface area contributed by atoms with Crippen molar-refractivity contribution in [3.8, 4) is 5.69 Å². The Labute approximate surface area is 196 Å². The number of aryl methyl sites for hydroxylation is 4. The SMILES string of the molecule is CN=C(NCCCCn1ccnc1C)NCc1ccccc1-n1nc(C)cc1C.I. The van der Waals surface area contributed by atoms with E-state index in [4.69, 9.17) is 0 Å². The zero-order valence-electron chi connectivity index (χ0n) is 18.2. The van der Waals surface area contributed by atoms with Crippen LogP contribution in [0, 0.1) is 20.8 Å². The maximum absolute atomic E-state index is 4.62. The molecule has 8 heteroatoms. The van der Waals surface area contributed by atoms with Crippen molar-refractivity contribution in [1.29, 1.82) is 0 Å². The Morgan fingerprint density at radius 1 is 1.10 bits per heavy atom. The van der Waals surface area contributed by atoms with Gasteiger partial charge >= 0.3 is 0 Å². The van der Waals surface area contributed by atoms with Gasteiger partial charge in [0.1, 0.15) is 5.82 Å². The van der Waals surface area contributed by atoms with Crippen molar-refractivity contribution in [1.82, 2.24) is 30.0 Å². The summed E-state index contributed by atoms with van der Waals surface area (Å²) in [5.41, 5.74) is 4.42. The number of halogens is 1. The third kappa shape index (κ3) is 6.32. The second-order valence-corrected chi connectivity index (χ2v) is 7.20. The zero-order valence-corrected chi connectivity index (χ0v) is 20.6. The molecular formula is C22H32IN7. The van der Waals surface area contributed by atoms with Crippen LogP contribution in [0.4, 0.5) is 0 Å². The predicted octanol–water partition coefficient (Wildman–Crippen LogP) is 3.76. The average Bonchev–Trinajstić information content (AvgIpc) is 3.28. The van der Waals surface area contributed by atoms with Crippen LogP contribution in [0.1, 0.15) is 35.6 Å². The van der Waals surface area contributed by atoms with E-state index in [-0.39, 0.29) is 24.0 Å². The summed E-state index contributed by atoms with van der Waals surface area (Å²) in [5, 5.41) is 11.4. The number of nitrogens with one attached hydrogen (secondary N) is 2. The molecule has 3 aromatic rings. The van der Waals surface area contributed by atoms with E-state index < -0.39 is 0 Å². The number of imidazole rings is 1. The van der Waals surface area contributed by atoms with Crippen LogP contribution in [0.2, 0.25) is 0 Å². The molecule has 3 rings (SSSR count). The van der Waals surface area contributed by atoms with Crippen LogP contribution >= 0.6 is 24.0 Å². The summed E-state index contributed by atoms with van der Waals surface area (Å²) in [7, 11) is 1.80. The molecule has 162 valence electrons. The maximum Gasteiger partial charge on any atom is 0.191 e. The van der Waals surface area contributed by atoms with Gasteiger partial charge < -0.3 is 15.2 Å². The molecule has 30 heavy (non-hydrogen) atoms. The number of benzene rings is 1. The lowest BCUT2D eigenvalue weighted by molar-refractivity contribution is 0.588. The third-order valence-corrected chi connectivity index (χ3v) is 4.94. The first-order valence-corrected chi connectivity index (χ1v) is 10.1. The summed E-state index contributed by atoms with van der Waals surface area (Å²) in [6.07, 6.45) is 6.05. The fourth-order valence-corrected chi connectivity index (χ4v) is 3.39. The molecule has 0 unspecified atom stereocenters. The summed E-state index contributed by atoms with van der Waals surface area (Å²) in [6, 6.07) is 10.4. The largest absolute Gasteiger partial charge is 0.356 e. The molecule has 0 aliphatic heterocycles. The van der Waals surface area contributed by atoms with Gasteiger partial charge in [-0.15, -0.1) is 24.0 Å². The number of unbranched alkanes of at least 4 members (excludes halogenated alkanes) is 1. The number of rotatable bonds is 8. The lowest BCUT2D eigenvalue weighted by Gasteiger charge is -2.15. The van der Waals surface area contributed by atoms with E-state index in [0.29, 0.717) is 6.54 Å². The number of aromatic nitrogens is 4. The van der Waals surface area contributed by atoms with Crippen LogP contribution < -0.4 is 10.6 Å². The zero-order chi connectivity index (χ0) is 20.6. The van der Waals surface area contributed by atoms with Crippen molar-refractivity contribution in [2.24, 2.45) is 4.99 Å². The molecule has 0 amide bonds. The van der Waals surface area contributed by atoms with Crippen LogP contribution in [0.5, 0.6) is 0 Å². The third-order valence-electron chi connectivity index (χ3n) is 4.94. The molecule has 0 saturated heterocycles. The quantitative estimate of drug-likeness (QED) is 0.205. The van der Waals surface area contributed by atoms with E-state index in [9.17, 15) is 0 Å². The first-order valence-electron chi connectivity index (χ1n) is 10.1. The van der Waals surface area contributed by atoms with Gasteiger partial charge in [0.05, 0.1) is 11.4 Å². The maximum atomic E-state index is 4.62. The number of hydrogen-bond acceptors (Lipinski definition) is 3. The summed E-state index contributed by atoms with van der Waals surface area (Å²) >= 11 is 0. The molecule has 1 aromatic carbocycles. The Kier molecular flexibility index (Phi) is 9.35. The van der Waals surface area contributed by atoms with Crippen molar-refractivity contribution in [3.63, 3.8) is 0 Å². The lowest BCUT2D eigenvalue weighted by Crippen LogP contribution is -2.37. The molecule has 0 aliphatic carbocycles. The smallest absolute Gasteiger partial charge is 0.191 e. The van der Waals surface area contributed by atoms with Gasteiger partial charge in [0, 0.05) is 44.8 Å². The fourth-order valence-electron chi connectivity index (χ4n) is 3.39. The van der Waals surface area contributed by atoms with Gasteiger partial charge in [-0.05, 0) is 51.3 Å². The number of aliphatic imine (C=N–C) groups is 1. The molecule has 0 spiro atoms. The Morgan fingerprint density at radius 2 is 1.90 bits per heavy atom. The molecular weight excluding hydrogens is 489 g/mol. The molecule has 0 atom stereocenters. The minimum atomic E-state index is 0. The second kappa shape index (κ2) is 11.7. The van der Waals surface area contributed by atoms with Crippen LogP contribution in [0.25, 0.3) is 5.69 Å². The summed E-state index contributed by atoms with van der Waals surface area (Å²) in [5.74, 6) is 1.88. The highest BCUT2D eigenvalue weighted by molar-refractivity contribution is 14.0. The van der Waals surface area contributed by atoms with E-state index in [1.54, 1.807) is 7.05 Å². The van der Waals surface area contributed by atoms with Crippen molar-refractivity contribution in [2.75, 3.05) is 13.6 Å². The van der Waals surface area contributed by atoms with Crippen molar-refractivity contribution in [3.05, 3.63) is 65.5 Å². The highest BCUT2D eigenvalue weighted by Gasteiger charge is 2.09. The molecule has 7 nitrogen and oxygen atoms in total. The summed E-state index contributed by atoms with van der Waals surface area (Å²) < 4.78 is 4.18. The minimum Gasteiger partial charge on any atom is -0.356 e. The predicted molar refractivity (Wildman–Crippen MR) is 133 cm³/mol. The normalized spacial score (nSPS) is 11.3. The van der Waals surface area contributed by atoms with Gasteiger partial charge in [-0.2, -0.15) is 5.10 Å². The highest BCUT2D eigenvalue weighted by atomic mass is 127. The van der Waals surface area contributed by atoms with Crippen LogP contribution in [0.15, 0.2) is 47.7 Å². The Hall–Kier alpha value is -2.36. The van der Waals surface area contributed by atoms with Crippen LogP contribution in [-0.2, 0) is 13.1 Å². The standard InChI is InChI=1S/C22H31N7.HI/c1-17-15-18(2)29(27-17)21-10-6-5-9-20(21)16-26-22(23-4)25-11-7-8-13-28-14-12-24-19(28)3;/h5-6,9-10,12,14-15H,7-8,11,13,16H2,1-4H3,(H2,23,25,26);1H. The van der Waals surface area contributed by atoms with E-state index in [0.717, 1.165) is 54.8 Å². The van der Waals surface area contributed by atoms with Gasteiger partial charge in [0.2, 0.25) is 0 Å². The number of para-hydroxylation sites is 1. The second-order valence-electron chi connectivity index (χ2n) is 7.20. The number of nitrogens with zero attached hydrogens (tertiary/aromatic N) is 5.